The van der Waals surface area contributed by atoms with Crippen LogP contribution in [0.3, 0.4) is 0 Å². The third-order valence-corrected chi connectivity index (χ3v) is 4.67. The number of amides is 1. The molecule has 3 heterocycles. The average molecular weight is 270 g/mol. The smallest absolute Gasteiger partial charge is 0.254 e. The standard InChI is InChI=1S/C15H18N4O/c16-10-6-11-2-3-12(7-10)19(11)15(20)9-1-4-13-14(5-9)18-8-17-13/h1,4-5,8,10-12H,2-3,6-7,16H2,(H,17,18). The molecule has 2 bridgehead atoms. The zero-order valence-electron chi connectivity index (χ0n) is 11.2. The van der Waals surface area contributed by atoms with Crippen LogP contribution in [0, 0.1) is 0 Å². The van der Waals surface area contributed by atoms with Crippen molar-refractivity contribution in [2.45, 2.75) is 43.8 Å². The number of carbonyl (C=O) groups excluding carboxylic acids is 1. The molecule has 3 N–H and O–H groups in total. The van der Waals surface area contributed by atoms with Crippen LogP contribution in [0.25, 0.3) is 11.0 Å². The van der Waals surface area contributed by atoms with E-state index in [0.717, 1.165) is 42.3 Å². The Morgan fingerprint density at radius 3 is 2.80 bits per heavy atom. The molecule has 5 nitrogen and oxygen atoms in total. The minimum atomic E-state index is 0.140. The summed E-state index contributed by atoms with van der Waals surface area (Å²) in [4.78, 5) is 22.1. The van der Waals surface area contributed by atoms with Gasteiger partial charge < -0.3 is 15.6 Å². The minimum absolute atomic E-state index is 0.140. The summed E-state index contributed by atoms with van der Waals surface area (Å²) in [6.45, 7) is 0. The number of imidazole rings is 1. The Morgan fingerprint density at radius 2 is 2.05 bits per heavy atom. The van der Waals surface area contributed by atoms with Crippen LogP contribution in [0.2, 0.25) is 0 Å². The second-order valence-corrected chi connectivity index (χ2v) is 5.96. The Hall–Kier alpha value is -1.88. The number of fused-ring (bicyclic) bond motifs is 3. The number of rotatable bonds is 1. The van der Waals surface area contributed by atoms with E-state index in [1.807, 2.05) is 18.2 Å². The fourth-order valence-corrected chi connectivity index (χ4v) is 3.77. The van der Waals surface area contributed by atoms with Gasteiger partial charge in [0, 0.05) is 23.7 Å². The highest BCUT2D eigenvalue weighted by atomic mass is 16.2. The highest BCUT2D eigenvalue weighted by Gasteiger charge is 2.42. The molecular formula is C15H18N4O. The van der Waals surface area contributed by atoms with Gasteiger partial charge >= 0.3 is 0 Å². The average Bonchev–Trinajstić information content (AvgIpc) is 3.00. The molecule has 4 rings (SSSR count). The highest BCUT2D eigenvalue weighted by Crippen LogP contribution is 2.36. The van der Waals surface area contributed by atoms with Crippen molar-refractivity contribution in [3.8, 4) is 0 Å². The molecule has 0 saturated carbocycles. The van der Waals surface area contributed by atoms with E-state index in [2.05, 4.69) is 14.9 Å². The van der Waals surface area contributed by atoms with E-state index in [1.165, 1.54) is 0 Å². The molecular weight excluding hydrogens is 252 g/mol. The van der Waals surface area contributed by atoms with Crippen molar-refractivity contribution in [1.82, 2.24) is 14.9 Å². The van der Waals surface area contributed by atoms with Gasteiger partial charge in [0.15, 0.2) is 0 Å². The van der Waals surface area contributed by atoms with Crippen molar-refractivity contribution in [3.05, 3.63) is 30.1 Å². The minimum Gasteiger partial charge on any atom is -0.345 e. The Balaban J connectivity index is 1.66. The molecule has 1 aromatic carbocycles. The monoisotopic (exact) mass is 270 g/mol. The molecule has 2 atom stereocenters. The van der Waals surface area contributed by atoms with Crippen LogP contribution in [-0.4, -0.2) is 38.9 Å². The molecule has 104 valence electrons. The van der Waals surface area contributed by atoms with Gasteiger partial charge in [0.2, 0.25) is 0 Å². The quantitative estimate of drug-likeness (QED) is 0.827. The number of benzene rings is 1. The SMILES string of the molecule is NC1CC2CCC(C1)N2C(=O)c1ccc2nc[nH]c2c1. The Morgan fingerprint density at radius 1 is 1.30 bits per heavy atom. The van der Waals surface area contributed by atoms with E-state index in [9.17, 15) is 4.79 Å². The van der Waals surface area contributed by atoms with Gasteiger partial charge in [-0.3, -0.25) is 4.79 Å². The molecule has 1 aromatic heterocycles. The van der Waals surface area contributed by atoms with Gasteiger partial charge in [-0.1, -0.05) is 0 Å². The summed E-state index contributed by atoms with van der Waals surface area (Å²) in [6.07, 6.45) is 5.72. The molecule has 0 aliphatic carbocycles. The van der Waals surface area contributed by atoms with E-state index in [0.29, 0.717) is 12.1 Å². The summed E-state index contributed by atoms with van der Waals surface area (Å²) in [6, 6.07) is 6.59. The zero-order valence-corrected chi connectivity index (χ0v) is 11.2. The number of nitrogens with two attached hydrogens (primary N) is 1. The van der Waals surface area contributed by atoms with Crippen molar-refractivity contribution in [3.63, 3.8) is 0 Å². The van der Waals surface area contributed by atoms with Crippen molar-refractivity contribution in [2.75, 3.05) is 0 Å². The number of nitrogens with zero attached hydrogens (tertiary/aromatic N) is 2. The van der Waals surface area contributed by atoms with Crippen molar-refractivity contribution >= 4 is 16.9 Å². The molecule has 0 spiro atoms. The molecule has 2 aromatic rings. The van der Waals surface area contributed by atoms with Gasteiger partial charge in [-0.15, -0.1) is 0 Å². The Labute approximate surface area is 117 Å². The summed E-state index contributed by atoms with van der Waals surface area (Å²) in [5, 5.41) is 0. The number of nitrogens with one attached hydrogen (secondary N) is 1. The van der Waals surface area contributed by atoms with E-state index >= 15 is 0 Å². The first-order valence-corrected chi connectivity index (χ1v) is 7.24. The molecule has 1 amide bonds. The van der Waals surface area contributed by atoms with Gasteiger partial charge in [0.05, 0.1) is 17.4 Å². The molecule has 2 unspecified atom stereocenters. The maximum atomic E-state index is 12.8. The number of carbonyl (C=O) groups is 1. The predicted molar refractivity (Wildman–Crippen MR) is 76.3 cm³/mol. The van der Waals surface area contributed by atoms with Crippen molar-refractivity contribution < 1.29 is 4.79 Å². The van der Waals surface area contributed by atoms with Crippen molar-refractivity contribution in [2.24, 2.45) is 5.73 Å². The lowest BCUT2D eigenvalue weighted by molar-refractivity contribution is 0.0575. The van der Waals surface area contributed by atoms with Gasteiger partial charge in [0.1, 0.15) is 0 Å². The van der Waals surface area contributed by atoms with Crippen LogP contribution in [0.4, 0.5) is 0 Å². The third-order valence-electron chi connectivity index (χ3n) is 4.67. The number of piperidine rings is 1. The number of H-pyrrole nitrogens is 1. The van der Waals surface area contributed by atoms with Gasteiger partial charge in [-0.05, 0) is 43.9 Å². The second kappa shape index (κ2) is 4.31. The normalized spacial score (nSPS) is 29.1. The third kappa shape index (κ3) is 1.73. The van der Waals surface area contributed by atoms with Crippen LogP contribution in [0.5, 0.6) is 0 Å². The topological polar surface area (TPSA) is 75.0 Å². The van der Waals surface area contributed by atoms with Gasteiger partial charge in [0.25, 0.3) is 5.91 Å². The maximum Gasteiger partial charge on any atom is 0.254 e. The molecule has 0 radical (unpaired) electrons. The summed E-state index contributed by atoms with van der Waals surface area (Å²) in [5.41, 5.74) is 8.62. The molecule has 2 fully saturated rings. The van der Waals surface area contributed by atoms with Crippen LogP contribution in [-0.2, 0) is 0 Å². The lowest BCUT2D eigenvalue weighted by atomic mass is 9.97. The Bertz CT molecular complexity index is 651. The van der Waals surface area contributed by atoms with Crippen LogP contribution in [0.1, 0.15) is 36.0 Å². The van der Waals surface area contributed by atoms with Gasteiger partial charge in [-0.25, -0.2) is 4.98 Å². The van der Waals surface area contributed by atoms with Crippen LogP contribution in [0.15, 0.2) is 24.5 Å². The zero-order chi connectivity index (χ0) is 13.7. The van der Waals surface area contributed by atoms with Crippen LogP contribution < -0.4 is 5.73 Å². The first-order chi connectivity index (χ1) is 9.72. The molecule has 20 heavy (non-hydrogen) atoms. The molecule has 2 aliphatic rings. The highest BCUT2D eigenvalue weighted by molar-refractivity contribution is 5.97. The summed E-state index contributed by atoms with van der Waals surface area (Å²) in [5.74, 6) is 0.140. The first kappa shape index (κ1) is 11.9. The summed E-state index contributed by atoms with van der Waals surface area (Å²) < 4.78 is 0. The molecule has 2 aliphatic heterocycles. The maximum absolute atomic E-state index is 12.8. The van der Waals surface area contributed by atoms with E-state index in [-0.39, 0.29) is 11.9 Å². The largest absolute Gasteiger partial charge is 0.345 e. The summed E-state index contributed by atoms with van der Waals surface area (Å²) in [7, 11) is 0. The number of hydrogen-bond donors (Lipinski definition) is 2. The molecule has 2 saturated heterocycles. The van der Waals surface area contributed by atoms with E-state index in [4.69, 9.17) is 5.73 Å². The lowest BCUT2D eigenvalue weighted by Gasteiger charge is -2.37. The van der Waals surface area contributed by atoms with Gasteiger partial charge in [-0.2, -0.15) is 0 Å². The van der Waals surface area contributed by atoms with Crippen molar-refractivity contribution in [1.29, 1.82) is 0 Å². The van der Waals surface area contributed by atoms with E-state index in [1.54, 1.807) is 6.33 Å². The number of aromatic amines is 1. The summed E-state index contributed by atoms with van der Waals surface area (Å²) >= 11 is 0. The second-order valence-electron chi connectivity index (χ2n) is 5.96. The first-order valence-electron chi connectivity index (χ1n) is 7.24. The van der Waals surface area contributed by atoms with E-state index < -0.39 is 0 Å². The Kier molecular flexibility index (Phi) is 2.57. The predicted octanol–water partition coefficient (Wildman–Crippen LogP) is 1.66. The lowest BCUT2D eigenvalue weighted by Crippen LogP contribution is -2.50. The number of hydrogen-bond acceptors (Lipinski definition) is 3. The van der Waals surface area contributed by atoms with Crippen LogP contribution >= 0.6 is 0 Å². The fourth-order valence-electron chi connectivity index (χ4n) is 3.77. The fraction of sp³-hybridized carbons (Fsp3) is 0.467. The molecule has 5 heteroatoms. The number of aromatic nitrogens is 2.